The van der Waals surface area contributed by atoms with Crippen LogP contribution in [0.15, 0.2) is 48.5 Å². The van der Waals surface area contributed by atoms with E-state index in [-0.39, 0.29) is 11.9 Å². The van der Waals surface area contributed by atoms with E-state index in [9.17, 15) is 4.39 Å². The third kappa shape index (κ3) is 3.81. The highest BCUT2D eigenvalue weighted by Crippen LogP contribution is 2.29. The fourth-order valence-electron chi connectivity index (χ4n) is 2.03. The summed E-state index contributed by atoms with van der Waals surface area (Å²) in [6.45, 7) is 5.22. The smallest absolute Gasteiger partial charge is 0.132 e. The molecule has 20 heavy (non-hydrogen) atoms. The third-order valence-electron chi connectivity index (χ3n) is 3.13. The summed E-state index contributed by atoms with van der Waals surface area (Å²) in [7, 11) is 0. The molecular formula is C17H20FNO. The Kier molecular flexibility index (Phi) is 5.13. The number of ether oxygens (including phenoxy) is 1. The lowest BCUT2D eigenvalue weighted by Gasteiger charge is -2.18. The van der Waals surface area contributed by atoms with Crippen molar-refractivity contribution >= 4 is 0 Å². The van der Waals surface area contributed by atoms with Crippen molar-refractivity contribution in [2.45, 2.75) is 26.3 Å². The van der Waals surface area contributed by atoms with Crippen molar-refractivity contribution in [2.24, 2.45) is 0 Å². The lowest BCUT2D eigenvalue weighted by atomic mass is 10.1. The second kappa shape index (κ2) is 7.06. The highest BCUT2D eigenvalue weighted by atomic mass is 19.1. The van der Waals surface area contributed by atoms with Gasteiger partial charge in [-0.15, -0.1) is 0 Å². The van der Waals surface area contributed by atoms with Gasteiger partial charge in [0.05, 0.1) is 0 Å². The van der Waals surface area contributed by atoms with Gasteiger partial charge in [-0.2, -0.15) is 0 Å². The molecule has 0 aromatic heterocycles. The maximum Gasteiger partial charge on any atom is 0.132 e. The van der Waals surface area contributed by atoms with Gasteiger partial charge >= 0.3 is 0 Å². The molecule has 0 aliphatic carbocycles. The monoisotopic (exact) mass is 273 g/mol. The van der Waals surface area contributed by atoms with Gasteiger partial charge in [-0.05, 0) is 50.2 Å². The minimum Gasteiger partial charge on any atom is -0.457 e. The van der Waals surface area contributed by atoms with E-state index in [0.717, 1.165) is 24.3 Å². The number of rotatable bonds is 6. The average molecular weight is 273 g/mol. The molecule has 2 aromatic rings. The van der Waals surface area contributed by atoms with E-state index in [1.54, 1.807) is 12.1 Å². The lowest BCUT2D eigenvalue weighted by molar-refractivity contribution is 0.459. The Balaban J connectivity index is 2.17. The summed E-state index contributed by atoms with van der Waals surface area (Å²) in [4.78, 5) is 0. The molecule has 1 atom stereocenters. The van der Waals surface area contributed by atoms with Crippen LogP contribution in [0.25, 0.3) is 0 Å². The number of hydrogen-bond donors (Lipinski definition) is 1. The van der Waals surface area contributed by atoms with Gasteiger partial charge in [0.2, 0.25) is 0 Å². The van der Waals surface area contributed by atoms with Crippen LogP contribution in [0.4, 0.5) is 4.39 Å². The Morgan fingerprint density at radius 2 is 1.80 bits per heavy atom. The Morgan fingerprint density at radius 3 is 2.50 bits per heavy atom. The SMILES string of the molecule is CCCNC(C)c1ccccc1Oc1ccc(F)cc1. The van der Waals surface area contributed by atoms with Crippen LogP contribution in [0.5, 0.6) is 11.5 Å². The summed E-state index contributed by atoms with van der Waals surface area (Å²) < 4.78 is 18.8. The van der Waals surface area contributed by atoms with E-state index in [1.165, 1.54) is 12.1 Å². The van der Waals surface area contributed by atoms with Crippen LogP contribution in [0, 0.1) is 5.82 Å². The Bertz CT molecular complexity index is 539. The Morgan fingerprint density at radius 1 is 1.10 bits per heavy atom. The quantitative estimate of drug-likeness (QED) is 0.825. The molecule has 2 nitrogen and oxygen atoms in total. The number of para-hydroxylation sites is 1. The molecule has 0 bridgehead atoms. The number of hydrogen-bond acceptors (Lipinski definition) is 2. The molecule has 2 aromatic carbocycles. The van der Waals surface area contributed by atoms with Crippen LogP contribution in [0.1, 0.15) is 31.9 Å². The van der Waals surface area contributed by atoms with Gasteiger partial charge in [0, 0.05) is 11.6 Å². The van der Waals surface area contributed by atoms with Crippen LogP contribution >= 0.6 is 0 Å². The van der Waals surface area contributed by atoms with Crippen molar-refractivity contribution in [3.63, 3.8) is 0 Å². The third-order valence-corrected chi connectivity index (χ3v) is 3.13. The first-order chi connectivity index (χ1) is 9.70. The van der Waals surface area contributed by atoms with Crippen LogP contribution in [-0.2, 0) is 0 Å². The molecule has 0 fully saturated rings. The number of halogens is 1. The van der Waals surface area contributed by atoms with E-state index < -0.39 is 0 Å². The van der Waals surface area contributed by atoms with Crippen molar-refractivity contribution in [1.82, 2.24) is 5.32 Å². The van der Waals surface area contributed by atoms with E-state index in [0.29, 0.717) is 5.75 Å². The number of nitrogens with one attached hydrogen (secondary N) is 1. The average Bonchev–Trinajstić information content (AvgIpc) is 2.48. The molecule has 0 heterocycles. The summed E-state index contributed by atoms with van der Waals surface area (Å²) in [5.74, 6) is 1.18. The van der Waals surface area contributed by atoms with E-state index in [1.807, 2.05) is 24.3 Å². The minimum atomic E-state index is -0.261. The van der Waals surface area contributed by atoms with Crippen molar-refractivity contribution < 1.29 is 9.13 Å². The van der Waals surface area contributed by atoms with Crippen LogP contribution < -0.4 is 10.1 Å². The fraction of sp³-hybridized carbons (Fsp3) is 0.294. The topological polar surface area (TPSA) is 21.3 Å². The fourth-order valence-corrected chi connectivity index (χ4v) is 2.03. The molecule has 0 saturated heterocycles. The summed E-state index contributed by atoms with van der Waals surface area (Å²) in [6, 6.07) is 14.2. The van der Waals surface area contributed by atoms with E-state index in [2.05, 4.69) is 19.2 Å². The predicted molar refractivity (Wildman–Crippen MR) is 79.6 cm³/mol. The van der Waals surface area contributed by atoms with Crippen LogP contribution in [0.3, 0.4) is 0 Å². The van der Waals surface area contributed by atoms with Gasteiger partial charge < -0.3 is 10.1 Å². The molecule has 0 spiro atoms. The molecule has 1 unspecified atom stereocenters. The zero-order valence-corrected chi connectivity index (χ0v) is 11.9. The maximum atomic E-state index is 12.9. The van der Waals surface area contributed by atoms with E-state index in [4.69, 9.17) is 4.74 Å². The molecule has 0 radical (unpaired) electrons. The highest BCUT2D eigenvalue weighted by molar-refractivity contribution is 5.39. The molecule has 0 aliphatic heterocycles. The Hall–Kier alpha value is -1.87. The van der Waals surface area contributed by atoms with Gasteiger partial charge in [-0.3, -0.25) is 0 Å². The van der Waals surface area contributed by atoms with Gasteiger partial charge in [0.25, 0.3) is 0 Å². The molecule has 0 saturated carbocycles. The van der Waals surface area contributed by atoms with Gasteiger partial charge in [-0.1, -0.05) is 25.1 Å². The first kappa shape index (κ1) is 14.5. The first-order valence-corrected chi connectivity index (χ1v) is 6.96. The maximum absolute atomic E-state index is 12.9. The van der Waals surface area contributed by atoms with E-state index >= 15 is 0 Å². The summed E-state index contributed by atoms with van der Waals surface area (Å²) in [5.41, 5.74) is 1.10. The second-order valence-corrected chi connectivity index (χ2v) is 4.77. The van der Waals surface area contributed by atoms with Crippen LogP contribution in [0.2, 0.25) is 0 Å². The van der Waals surface area contributed by atoms with Crippen molar-refractivity contribution in [3.05, 3.63) is 59.9 Å². The molecule has 0 aliphatic rings. The Labute approximate surface area is 119 Å². The predicted octanol–water partition coefficient (Wildman–Crippen LogP) is 4.68. The standard InChI is InChI=1S/C17H20FNO/c1-3-12-19-13(2)16-6-4-5-7-17(16)20-15-10-8-14(18)9-11-15/h4-11,13,19H,3,12H2,1-2H3. The zero-order chi connectivity index (χ0) is 14.4. The lowest BCUT2D eigenvalue weighted by Crippen LogP contribution is -2.19. The van der Waals surface area contributed by atoms with Gasteiger partial charge in [-0.25, -0.2) is 4.39 Å². The van der Waals surface area contributed by atoms with Crippen molar-refractivity contribution in [2.75, 3.05) is 6.54 Å². The minimum absolute atomic E-state index is 0.214. The molecule has 1 N–H and O–H groups in total. The zero-order valence-electron chi connectivity index (χ0n) is 11.9. The summed E-state index contributed by atoms with van der Waals surface area (Å²) in [6.07, 6.45) is 1.09. The van der Waals surface area contributed by atoms with Crippen molar-refractivity contribution in [1.29, 1.82) is 0 Å². The molecule has 0 amide bonds. The second-order valence-electron chi connectivity index (χ2n) is 4.77. The van der Waals surface area contributed by atoms with Crippen LogP contribution in [-0.4, -0.2) is 6.54 Å². The molecular weight excluding hydrogens is 253 g/mol. The summed E-state index contributed by atoms with van der Waals surface area (Å²) in [5, 5.41) is 3.44. The molecule has 2 rings (SSSR count). The van der Waals surface area contributed by atoms with Crippen molar-refractivity contribution in [3.8, 4) is 11.5 Å². The highest BCUT2D eigenvalue weighted by Gasteiger charge is 2.11. The molecule has 106 valence electrons. The largest absolute Gasteiger partial charge is 0.457 e. The summed E-state index contributed by atoms with van der Waals surface area (Å²) >= 11 is 0. The molecule has 3 heteroatoms. The van der Waals surface area contributed by atoms with Gasteiger partial charge in [0.15, 0.2) is 0 Å². The van der Waals surface area contributed by atoms with Gasteiger partial charge in [0.1, 0.15) is 17.3 Å². The number of benzene rings is 2. The normalized spacial score (nSPS) is 12.2. The first-order valence-electron chi connectivity index (χ1n) is 6.96.